The van der Waals surface area contributed by atoms with Gasteiger partial charge in [-0.15, -0.1) is 0 Å². The number of carbonyl (C=O) groups excluding carboxylic acids is 1. The number of guanidine groups is 1. The number of anilines is 2. The summed E-state index contributed by atoms with van der Waals surface area (Å²) in [6, 6.07) is 14.3. The molecular formula is C27H27FN8O. The number of carbonyl (C=O) groups is 1. The van der Waals surface area contributed by atoms with Crippen molar-refractivity contribution >= 4 is 34.1 Å². The molecule has 2 atom stereocenters. The van der Waals surface area contributed by atoms with Gasteiger partial charge in [0.25, 0.3) is 0 Å². The number of fused-ring (bicyclic) bond motifs is 2. The van der Waals surface area contributed by atoms with Gasteiger partial charge in [0.1, 0.15) is 6.17 Å². The van der Waals surface area contributed by atoms with Crippen LogP contribution in [-0.4, -0.2) is 45.2 Å². The predicted molar refractivity (Wildman–Crippen MR) is 139 cm³/mol. The van der Waals surface area contributed by atoms with Crippen LogP contribution in [0.25, 0.3) is 10.9 Å². The molecular weight excluding hydrogens is 471 g/mol. The standard InChI is InChI=1S/C27H27FN8O/c1-16-26(37)36(20-9-5-6-17(12-20)14-29)23-15-30-27(32-25(23)35(16)19-7-3-2-4-8-19)31-18-10-11-22-21(13-18)24(28)34-33-22/h5-6,9-13,15-16,19,25H,2-4,7-8H2,1H3,(H,33,34)(H2,30,31,32)/t16-,25?/m1/s1. The molecule has 3 aliphatic rings. The molecule has 37 heavy (non-hydrogen) atoms. The van der Waals surface area contributed by atoms with Gasteiger partial charge in [0, 0.05) is 17.9 Å². The van der Waals surface area contributed by atoms with Crippen molar-refractivity contribution in [2.45, 2.75) is 57.3 Å². The normalized spacial score (nSPS) is 22.6. The molecule has 0 bridgehead atoms. The number of rotatable bonds is 3. The molecule has 1 aromatic heterocycles. The van der Waals surface area contributed by atoms with Gasteiger partial charge >= 0.3 is 0 Å². The Labute approximate surface area is 213 Å². The highest BCUT2D eigenvalue weighted by Gasteiger charge is 2.46. The summed E-state index contributed by atoms with van der Waals surface area (Å²) in [7, 11) is 0. The van der Waals surface area contributed by atoms with Crippen molar-refractivity contribution in [2.75, 3.05) is 10.2 Å². The first-order valence-electron chi connectivity index (χ1n) is 12.6. The zero-order chi connectivity index (χ0) is 25.5. The Morgan fingerprint density at radius 2 is 2.00 bits per heavy atom. The average Bonchev–Trinajstić information content (AvgIpc) is 3.30. The lowest BCUT2D eigenvalue weighted by molar-refractivity contribution is -0.127. The van der Waals surface area contributed by atoms with Crippen molar-refractivity contribution in [2.24, 2.45) is 4.99 Å². The summed E-state index contributed by atoms with van der Waals surface area (Å²) in [5, 5.41) is 22.6. The number of nitrogens with one attached hydrogen (secondary N) is 3. The number of piperazine rings is 1. The molecule has 6 rings (SSSR count). The van der Waals surface area contributed by atoms with Crippen LogP contribution in [0.15, 0.2) is 59.4 Å². The number of nitrogens with zero attached hydrogens (tertiary/aromatic N) is 5. The molecule has 1 aliphatic carbocycles. The second-order valence-electron chi connectivity index (χ2n) is 9.71. The van der Waals surface area contributed by atoms with E-state index in [1.165, 1.54) is 6.42 Å². The number of nitriles is 1. The van der Waals surface area contributed by atoms with Crippen LogP contribution in [0.3, 0.4) is 0 Å². The number of aromatic amines is 1. The van der Waals surface area contributed by atoms with Crippen LogP contribution in [0.1, 0.15) is 44.6 Å². The summed E-state index contributed by atoms with van der Waals surface area (Å²) >= 11 is 0. The third-order valence-electron chi connectivity index (χ3n) is 7.44. The highest BCUT2D eigenvalue weighted by atomic mass is 19.1. The highest BCUT2D eigenvalue weighted by Crippen LogP contribution is 2.37. The SMILES string of the molecule is C[C@@H]1C(=O)N(c2cccc(C#N)c2)C2=CNC(Nc3ccc4n[nH]c(F)c4c3)=NC2N1C1CCCCC1. The molecule has 2 aromatic carbocycles. The van der Waals surface area contributed by atoms with Gasteiger partial charge in [0.05, 0.1) is 40.0 Å². The molecule has 1 saturated heterocycles. The minimum absolute atomic E-state index is 0.0440. The lowest BCUT2D eigenvalue weighted by Gasteiger charge is -2.49. The first-order chi connectivity index (χ1) is 18.0. The summed E-state index contributed by atoms with van der Waals surface area (Å²) in [5.41, 5.74) is 3.05. The topological polar surface area (TPSA) is 112 Å². The number of H-pyrrole nitrogens is 1. The number of halogens is 1. The lowest BCUT2D eigenvalue weighted by atomic mass is 9.91. The second kappa shape index (κ2) is 9.33. The van der Waals surface area contributed by atoms with E-state index in [0.717, 1.165) is 25.7 Å². The van der Waals surface area contributed by atoms with Crippen LogP contribution in [-0.2, 0) is 4.79 Å². The second-order valence-corrected chi connectivity index (χ2v) is 9.71. The van der Waals surface area contributed by atoms with E-state index in [1.54, 1.807) is 41.4 Å². The Kier molecular flexibility index (Phi) is 5.85. The van der Waals surface area contributed by atoms with E-state index in [4.69, 9.17) is 4.99 Å². The maximum Gasteiger partial charge on any atom is 0.248 e. The van der Waals surface area contributed by atoms with Gasteiger partial charge in [-0.1, -0.05) is 25.3 Å². The quantitative estimate of drug-likeness (QED) is 0.499. The molecule has 1 saturated carbocycles. The molecule has 0 spiro atoms. The van der Waals surface area contributed by atoms with Gasteiger partial charge in [-0.3, -0.25) is 19.7 Å². The Bertz CT molecular complexity index is 1460. The van der Waals surface area contributed by atoms with Crippen LogP contribution in [0.5, 0.6) is 0 Å². The molecule has 2 fully saturated rings. The fraction of sp³-hybridized carbons (Fsp3) is 0.333. The summed E-state index contributed by atoms with van der Waals surface area (Å²) in [6.45, 7) is 1.94. The molecule has 188 valence electrons. The fourth-order valence-corrected chi connectivity index (χ4v) is 5.64. The van der Waals surface area contributed by atoms with Gasteiger partial charge < -0.3 is 10.6 Å². The van der Waals surface area contributed by atoms with E-state index in [0.29, 0.717) is 39.5 Å². The van der Waals surface area contributed by atoms with E-state index in [9.17, 15) is 14.4 Å². The first-order valence-corrected chi connectivity index (χ1v) is 12.6. The molecule has 3 heterocycles. The Morgan fingerprint density at radius 1 is 1.16 bits per heavy atom. The van der Waals surface area contributed by atoms with Gasteiger partial charge in [-0.05, 0) is 56.2 Å². The molecule has 10 heteroatoms. The van der Waals surface area contributed by atoms with Gasteiger partial charge in [0.15, 0.2) is 0 Å². The van der Waals surface area contributed by atoms with Crippen LogP contribution in [0.2, 0.25) is 0 Å². The number of amides is 1. The van der Waals surface area contributed by atoms with Crippen molar-refractivity contribution in [3.05, 3.63) is 65.9 Å². The van der Waals surface area contributed by atoms with E-state index in [-0.39, 0.29) is 11.9 Å². The van der Waals surface area contributed by atoms with Crippen molar-refractivity contribution in [3.63, 3.8) is 0 Å². The van der Waals surface area contributed by atoms with Crippen LogP contribution < -0.4 is 15.5 Å². The van der Waals surface area contributed by atoms with Crippen LogP contribution in [0.4, 0.5) is 15.8 Å². The Balaban J connectivity index is 1.37. The summed E-state index contributed by atoms with van der Waals surface area (Å²) in [4.78, 5) is 22.7. The van der Waals surface area contributed by atoms with Crippen molar-refractivity contribution < 1.29 is 9.18 Å². The monoisotopic (exact) mass is 498 g/mol. The van der Waals surface area contributed by atoms with E-state index < -0.39 is 18.2 Å². The third-order valence-corrected chi connectivity index (χ3v) is 7.44. The number of benzene rings is 2. The molecule has 3 aromatic rings. The van der Waals surface area contributed by atoms with E-state index in [1.807, 2.05) is 19.1 Å². The van der Waals surface area contributed by atoms with Gasteiger partial charge in [-0.2, -0.15) is 14.8 Å². The number of hydrogen-bond acceptors (Lipinski definition) is 7. The molecule has 9 nitrogen and oxygen atoms in total. The molecule has 3 N–H and O–H groups in total. The van der Waals surface area contributed by atoms with Crippen molar-refractivity contribution in [3.8, 4) is 6.07 Å². The van der Waals surface area contributed by atoms with Crippen LogP contribution in [0, 0.1) is 17.3 Å². The summed E-state index contributed by atoms with van der Waals surface area (Å²) in [5.74, 6) is -0.0275. The average molecular weight is 499 g/mol. The zero-order valence-corrected chi connectivity index (χ0v) is 20.4. The highest BCUT2D eigenvalue weighted by molar-refractivity contribution is 6.03. The van der Waals surface area contributed by atoms with Crippen molar-refractivity contribution in [1.29, 1.82) is 5.26 Å². The number of hydrogen-bond donors (Lipinski definition) is 3. The zero-order valence-electron chi connectivity index (χ0n) is 20.4. The Morgan fingerprint density at radius 3 is 2.81 bits per heavy atom. The number of aliphatic imine (C=N–C) groups is 1. The van der Waals surface area contributed by atoms with Crippen molar-refractivity contribution in [1.82, 2.24) is 20.4 Å². The molecule has 0 radical (unpaired) electrons. The molecule has 1 amide bonds. The predicted octanol–water partition coefficient (Wildman–Crippen LogP) is 4.18. The van der Waals surface area contributed by atoms with Crippen LogP contribution >= 0.6 is 0 Å². The van der Waals surface area contributed by atoms with E-state index >= 15 is 0 Å². The summed E-state index contributed by atoms with van der Waals surface area (Å²) < 4.78 is 14.1. The van der Waals surface area contributed by atoms with Gasteiger partial charge in [0.2, 0.25) is 17.8 Å². The fourth-order valence-electron chi connectivity index (χ4n) is 5.64. The minimum atomic E-state index is -0.488. The third kappa shape index (κ3) is 4.11. The van der Waals surface area contributed by atoms with E-state index in [2.05, 4.69) is 31.8 Å². The maximum absolute atomic E-state index is 14.1. The smallest absolute Gasteiger partial charge is 0.248 e. The molecule has 1 unspecified atom stereocenters. The minimum Gasteiger partial charge on any atom is -0.331 e. The first kappa shape index (κ1) is 23.2. The Hall–Kier alpha value is -4.23. The molecule has 2 aliphatic heterocycles. The summed E-state index contributed by atoms with van der Waals surface area (Å²) in [6.07, 6.45) is 6.91. The van der Waals surface area contributed by atoms with Gasteiger partial charge in [-0.25, -0.2) is 4.99 Å². The largest absolute Gasteiger partial charge is 0.331 e. The number of aromatic nitrogens is 2. The maximum atomic E-state index is 14.1. The lowest BCUT2D eigenvalue weighted by Crippen LogP contribution is -2.64.